The Morgan fingerprint density at radius 2 is 1.44 bits per heavy atom. The molecule has 0 bridgehead atoms. The molecule has 0 heterocycles. The van der Waals surface area contributed by atoms with E-state index in [0.717, 1.165) is 22.8 Å². The number of carbonyl (C=O) groups is 2. The Balaban J connectivity index is 2.10. The standard InChI is InChI=1S/C29H33F2N3O4S/c1-29(2,3)32-28(36)26(18-21-12-6-5-7-13-21)33(19-22-14-8-9-15-23(22)30)27(35)20-34(39(4,37)38)25-17-11-10-16-24(25)31/h5-17,26H,18-20H2,1-4H3,(H,32,36). The maximum Gasteiger partial charge on any atom is 0.244 e. The van der Waals surface area contributed by atoms with Crippen molar-refractivity contribution in [1.82, 2.24) is 10.2 Å². The van der Waals surface area contributed by atoms with E-state index in [2.05, 4.69) is 5.32 Å². The third kappa shape index (κ3) is 8.35. The average Bonchev–Trinajstić information content (AvgIpc) is 2.85. The van der Waals surface area contributed by atoms with E-state index in [1.165, 1.54) is 36.4 Å². The van der Waals surface area contributed by atoms with Crippen molar-refractivity contribution in [3.05, 3.63) is 102 Å². The first-order chi connectivity index (χ1) is 18.3. The molecule has 208 valence electrons. The van der Waals surface area contributed by atoms with Crippen molar-refractivity contribution < 1.29 is 26.8 Å². The number of nitrogens with one attached hydrogen (secondary N) is 1. The fourth-order valence-electron chi connectivity index (χ4n) is 4.07. The van der Waals surface area contributed by atoms with E-state index in [0.29, 0.717) is 4.31 Å². The van der Waals surface area contributed by atoms with E-state index in [1.807, 2.05) is 6.07 Å². The Morgan fingerprint density at radius 1 is 0.872 bits per heavy atom. The second kappa shape index (κ2) is 12.4. The van der Waals surface area contributed by atoms with E-state index in [1.54, 1.807) is 51.1 Å². The minimum atomic E-state index is -4.11. The van der Waals surface area contributed by atoms with Gasteiger partial charge in [-0.05, 0) is 44.5 Å². The molecule has 39 heavy (non-hydrogen) atoms. The van der Waals surface area contributed by atoms with E-state index in [4.69, 9.17) is 0 Å². The first-order valence-electron chi connectivity index (χ1n) is 12.4. The van der Waals surface area contributed by atoms with Crippen molar-refractivity contribution in [2.24, 2.45) is 0 Å². The van der Waals surface area contributed by atoms with Crippen LogP contribution in [0.5, 0.6) is 0 Å². The summed E-state index contributed by atoms with van der Waals surface area (Å²) in [7, 11) is -4.11. The Labute approximate surface area is 228 Å². The Kier molecular flexibility index (Phi) is 9.45. The largest absolute Gasteiger partial charge is 0.350 e. The molecule has 0 aliphatic carbocycles. The second-order valence-electron chi connectivity index (χ2n) is 10.3. The Bertz CT molecular complexity index is 1410. The number of benzene rings is 3. The van der Waals surface area contributed by atoms with Crippen molar-refractivity contribution in [3.8, 4) is 0 Å². The zero-order chi connectivity index (χ0) is 28.8. The normalized spacial score (nSPS) is 12.5. The number of hydrogen-bond donors (Lipinski definition) is 1. The number of sulfonamides is 1. The summed E-state index contributed by atoms with van der Waals surface area (Å²) in [6.45, 7) is 4.27. The molecule has 3 aromatic carbocycles. The van der Waals surface area contributed by atoms with Gasteiger partial charge >= 0.3 is 0 Å². The molecule has 7 nitrogen and oxygen atoms in total. The van der Waals surface area contributed by atoms with Gasteiger partial charge in [-0.25, -0.2) is 17.2 Å². The summed E-state index contributed by atoms with van der Waals surface area (Å²) < 4.78 is 55.4. The molecule has 0 saturated carbocycles. The van der Waals surface area contributed by atoms with Crippen LogP contribution in [-0.2, 0) is 32.6 Å². The van der Waals surface area contributed by atoms with Crippen molar-refractivity contribution in [3.63, 3.8) is 0 Å². The first kappa shape index (κ1) is 29.8. The molecule has 0 aliphatic heterocycles. The van der Waals surface area contributed by atoms with Gasteiger partial charge < -0.3 is 10.2 Å². The molecule has 0 saturated heterocycles. The molecule has 0 radical (unpaired) electrons. The van der Waals surface area contributed by atoms with E-state index >= 15 is 0 Å². The minimum absolute atomic E-state index is 0.0848. The van der Waals surface area contributed by atoms with Gasteiger partial charge in [-0.1, -0.05) is 60.7 Å². The number of amides is 2. The summed E-state index contributed by atoms with van der Waals surface area (Å²) in [5.74, 6) is -2.70. The average molecular weight is 558 g/mol. The maximum atomic E-state index is 14.8. The topological polar surface area (TPSA) is 86.8 Å². The van der Waals surface area contributed by atoms with Gasteiger partial charge in [0, 0.05) is 24.1 Å². The molecule has 0 fully saturated rings. The van der Waals surface area contributed by atoms with E-state index < -0.39 is 51.6 Å². The Hall–Kier alpha value is -3.79. The molecule has 10 heteroatoms. The van der Waals surface area contributed by atoms with Gasteiger partial charge in [0.05, 0.1) is 11.9 Å². The Morgan fingerprint density at radius 3 is 2.00 bits per heavy atom. The molecule has 0 aromatic heterocycles. The summed E-state index contributed by atoms with van der Waals surface area (Å²) in [5.41, 5.74) is -0.0702. The van der Waals surface area contributed by atoms with Gasteiger partial charge in [-0.15, -0.1) is 0 Å². The van der Waals surface area contributed by atoms with Gasteiger partial charge in [0.15, 0.2) is 0 Å². The fourth-order valence-corrected chi connectivity index (χ4v) is 4.92. The van der Waals surface area contributed by atoms with Crippen molar-refractivity contribution in [2.75, 3.05) is 17.1 Å². The molecule has 1 N–H and O–H groups in total. The highest BCUT2D eigenvalue weighted by Crippen LogP contribution is 2.23. The minimum Gasteiger partial charge on any atom is -0.350 e. The van der Waals surface area contributed by atoms with Crippen LogP contribution in [0.1, 0.15) is 31.9 Å². The summed E-state index contributed by atoms with van der Waals surface area (Å²) in [6, 6.07) is 18.9. The molecule has 1 unspecified atom stereocenters. The predicted molar refractivity (Wildman–Crippen MR) is 147 cm³/mol. The van der Waals surface area contributed by atoms with Crippen molar-refractivity contribution >= 4 is 27.5 Å². The molecule has 3 aromatic rings. The highest BCUT2D eigenvalue weighted by molar-refractivity contribution is 7.92. The third-order valence-electron chi connectivity index (χ3n) is 5.87. The number of halogens is 2. The van der Waals surface area contributed by atoms with Gasteiger partial charge in [0.1, 0.15) is 24.2 Å². The van der Waals surface area contributed by atoms with Gasteiger partial charge in [0.25, 0.3) is 0 Å². The summed E-state index contributed by atoms with van der Waals surface area (Å²) in [5, 5.41) is 2.88. The molecule has 2 amide bonds. The monoisotopic (exact) mass is 557 g/mol. The van der Waals surface area contributed by atoms with Crippen LogP contribution in [0.4, 0.5) is 14.5 Å². The van der Waals surface area contributed by atoms with E-state index in [9.17, 15) is 26.8 Å². The third-order valence-corrected chi connectivity index (χ3v) is 6.99. The van der Waals surface area contributed by atoms with Crippen LogP contribution in [0.25, 0.3) is 0 Å². The molecule has 0 aliphatic rings. The molecule has 0 spiro atoms. The lowest BCUT2D eigenvalue weighted by Gasteiger charge is -2.35. The zero-order valence-electron chi connectivity index (χ0n) is 22.4. The fraction of sp³-hybridized carbons (Fsp3) is 0.310. The molecular formula is C29H33F2N3O4S. The first-order valence-corrected chi connectivity index (χ1v) is 14.2. The SMILES string of the molecule is CC(C)(C)NC(=O)C(Cc1ccccc1)N(Cc1ccccc1F)C(=O)CN(c1ccccc1F)S(C)(=O)=O. The molecular weight excluding hydrogens is 524 g/mol. The van der Waals surface area contributed by atoms with Crippen LogP contribution in [0, 0.1) is 11.6 Å². The van der Waals surface area contributed by atoms with Gasteiger partial charge in [-0.2, -0.15) is 0 Å². The highest BCUT2D eigenvalue weighted by Gasteiger charge is 2.35. The van der Waals surface area contributed by atoms with Crippen LogP contribution < -0.4 is 9.62 Å². The van der Waals surface area contributed by atoms with Crippen LogP contribution in [0.15, 0.2) is 78.9 Å². The van der Waals surface area contributed by atoms with E-state index in [-0.39, 0.29) is 24.2 Å². The highest BCUT2D eigenvalue weighted by atomic mass is 32.2. The maximum absolute atomic E-state index is 14.8. The van der Waals surface area contributed by atoms with Crippen molar-refractivity contribution in [1.29, 1.82) is 0 Å². The summed E-state index contributed by atoms with van der Waals surface area (Å²) in [4.78, 5) is 28.7. The van der Waals surface area contributed by atoms with Crippen molar-refractivity contribution in [2.45, 2.75) is 45.3 Å². The second-order valence-corrected chi connectivity index (χ2v) is 12.2. The van der Waals surface area contributed by atoms with Crippen LogP contribution in [0.2, 0.25) is 0 Å². The number of nitrogens with zero attached hydrogens (tertiary/aromatic N) is 2. The van der Waals surface area contributed by atoms with Gasteiger partial charge in [0.2, 0.25) is 21.8 Å². The molecule has 3 rings (SSSR count). The van der Waals surface area contributed by atoms with Crippen LogP contribution >= 0.6 is 0 Å². The number of para-hydroxylation sites is 1. The lowest BCUT2D eigenvalue weighted by Crippen LogP contribution is -2.56. The zero-order valence-corrected chi connectivity index (χ0v) is 23.2. The number of carbonyl (C=O) groups excluding carboxylic acids is 2. The molecule has 1 atom stereocenters. The van der Waals surface area contributed by atoms with Crippen LogP contribution in [-0.4, -0.2) is 49.5 Å². The number of anilines is 1. The quantitative estimate of drug-likeness (QED) is 0.403. The number of hydrogen-bond acceptors (Lipinski definition) is 4. The van der Waals surface area contributed by atoms with Crippen LogP contribution in [0.3, 0.4) is 0 Å². The summed E-state index contributed by atoms with van der Waals surface area (Å²) >= 11 is 0. The lowest BCUT2D eigenvalue weighted by atomic mass is 10.0. The smallest absolute Gasteiger partial charge is 0.244 e. The number of rotatable bonds is 10. The lowest BCUT2D eigenvalue weighted by molar-refractivity contribution is -0.140. The predicted octanol–water partition coefficient (Wildman–Crippen LogP) is 4.29. The summed E-state index contributed by atoms with van der Waals surface area (Å²) in [6.07, 6.45) is 0.948. The van der Waals surface area contributed by atoms with Gasteiger partial charge in [-0.3, -0.25) is 13.9 Å².